The Labute approximate surface area is 209 Å². The third-order valence-electron chi connectivity index (χ3n) is 6.57. The molecule has 32 heavy (non-hydrogen) atoms. The van der Waals surface area contributed by atoms with Gasteiger partial charge in [0.1, 0.15) is 5.76 Å². The van der Waals surface area contributed by atoms with Gasteiger partial charge in [0.15, 0.2) is 5.96 Å². The monoisotopic (exact) mass is 560 g/mol. The van der Waals surface area contributed by atoms with Crippen molar-refractivity contribution < 1.29 is 9.21 Å². The van der Waals surface area contributed by atoms with Gasteiger partial charge in [-0.1, -0.05) is 6.42 Å². The van der Waals surface area contributed by atoms with Gasteiger partial charge in [-0.3, -0.25) is 14.7 Å². The first-order valence-corrected chi connectivity index (χ1v) is 11.9. The number of carbonyl (C=O) groups excluding carboxylic acids is 1. The number of hydrogen-bond donors (Lipinski definition) is 3. The molecule has 4 N–H and O–H groups in total. The number of unbranched alkanes of at least 4 members (excludes halogenated alkanes) is 1. The summed E-state index contributed by atoms with van der Waals surface area (Å²) in [4.78, 5) is 20.6. The molecule has 1 amide bonds. The standard InChI is InChI=1S/C23H40N6O2.HI/c1-25-23(26-11-3-6-12-28-15-9-19(10-16-28)22(24)30)27-18-20(21-8-7-17-31-21)29-13-4-2-5-14-29;/h7-8,17,19-20H,2-6,9-16,18H2,1H3,(H2,24,30)(H2,25,26,27);1H. The van der Waals surface area contributed by atoms with E-state index in [9.17, 15) is 4.79 Å². The lowest BCUT2D eigenvalue weighted by molar-refractivity contribution is -0.123. The molecule has 0 saturated carbocycles. The smallest absolute Gasteiger partial charge is 0.220 e. The van der Waals surface area contributed by atoms with E-state index in [4.69, 9.17) is 10.2 Å². The molecule has 2 aliphatic rings. The molecule has 0 aliphatic carbocycles. The van der Waals surface area contributed by atoms with Crippen LogP contribution in [0.1, 0.15) is 56.7 Å². The van der Waals surface area contributed by atoms with Crippen LogP contribution in [0.15, 0.2) is 27.8 Å². The van der Waals surface area contributed by atoms with E-state index in [1.807, 2.05) is 13.1 Å². The second kappa shape index (κ2) is 14.7. The van der Waals surface area contributed by atoms with Crippen molar-refractivity contribution in [2.75, 3.05) is 52.9 Å². The molecule has 3 rings (SSSR count). The highest BCUT2D eigenvalue weighted by molar-refractivity contribution is 14.0. The summed E-state index contributed by atoms with van der Waals surface area (Å²) in [6, 6.07) is 4.27. The summed E-state index contributed by atoms with van der Waals surface area (Å²) >= 11 is 0. The number of primary amides is 1. The van der Waals surface area contributed by atoms with Gasteiger partial charge in [0.2, 0.25) is 5.91 Å². The highest BCUT2D eigenvalue weighted by atomic mass is 127. The molecule has 1 aromatic heterocycles. The van der Waals surface area contributed by atoms with Gasteiger partial charge in [0.05, 0.1) is 12.3 Å². The van der Waals surface area contributed by atoms with Crippen LogP contribution < -0.4 is 16.4 Å². The predicted octanol–water partition coefficient (Wildman–Crippen LogP) is 2.57. The van der Waals surface area contributed by atoms with Gasteiger partial charge in [-0.25, -0.2) is 0 Å². The maximum Gasteiger partial charge on any atom is 0.220 e. The fourth-order valence-corrected chi connectivity index (χ4v) is 4.64. The molecule has 2 aliphatic heterocycles. The highest BCUT2D eigenvalue weighted by Gasteiger charge is 2.25. The van der Waals surface area contributed by atoms with Crippen LogP contribution in [0.2, 0.25) is 0 Å². The van der Waals surface area contributed by atoms with Crippen molar-refractivity contribution in [2.24, 2.45) is 16.6 Å². The molecular formula is C23H41IN6O2. The largest absolute Gasteiger partial charge is 0.468 e. The van der Waals surface area contributed by atoms with E-state index in [2.05, 4.69) is 31.5 Å². The van der Waals surface area contributed by atoms with Crippen LogP contribution in [-0.2, 0) is 4.79 Å². The number of rotatable bonds is 10. The molecule has 1 unspecified atom stereocenters. The van der Waals surface area contributed by atoms with Crippen molar-refractivity contribution in [1.29, 1.82) is 0 Å². The first kappa shape index (κ1) is 26.9. The van der Waals surface area contributed by atoms with Crippen LogP contribution in [0.3, 0.4) is 0 Å². The van der Waals surface area contributed by atoms with E-state index in [-0.39, 0.29) is 41.8 Å². The molecule has 2 fully saturated rings. The summed E-state index contributed by atoms with van der Waals surface area (Å²) in [5.74, 6) is 1.79. The van der Waals surface area contributed by atoms with E-state index in [1.165, 1.54) is 19.3 Å². The summed E-state index contributed by atoms with van der Waals surface area (Å²) in [5, 5.41) is 6.94. The van der Waals surface area contributed by atoms with E-state index in [1.54, 1.807) is 6.26 Å². The summed E-state index contributed by atoms with van der Waals surface area (Å²) in [5.41, 5.74) is 5.42. The number of hydrogen-bond acceptors (Lipinski definition) is 5. The number of nitrogens with one attached hydrogen (secondary N) is 2. The minimum Gasteiger partial charge on any atom is -0.468 e. The first-order valence-electron chi connectivity index (χ1n) is 11.9. The second-order valence-corrected chi connectivity index (χ2v) is 8.73. The molecule has 1 aromatic rings. The molecule has 2 saturated heterocycles. The lowest BCUT2D eigenvalue weighted by atomic mass is 9.96. The van der Waals surface area contributed by atoms with Crippen molar-refractivity contribution in [2.45, 2.75) is 51.0 Å². The zero-order chi connectivity index (χ0) is 21.9. The Hall–Kier alpha value is -1.33. The van der Waals surface area contributed by atoms with Gasteiger partial charge in [0.25, 0.3) is 0 Å². The SMILES string of the molecule is CN=C(NCCCCN1CCC(C(N)=O)CC1)NCC(c1ccco1)N1CCCCC1.I. The Morgan fingerprint density at radius 2 is 1.94 bits per heavy atom. The first-order chi connectivity index (χ1) is 15.2. The molecular weight excluding hydrogens is 519 g/mol. The fraction of sp³-hybridized carbons (Fsp3) is 0.739. The molecule has 8 nitrogen and oxygen atoms in total. The van der Waals surface area contributed by atoms with E-state index in [0.29, 0.717) is 0 Å². The number of halogens is 1. The van der Waals surface area contributed by atoms with Crippen LogP contribution in [0.5, 0.6) is 0 Å². The van der Waals surface area contributed by atoms with Crippen molar-refractivity contribution in [3.8, 4) is 0 Å². The Balaban J connectivity index is 0.00000363. The Kier molecular flexibility index (Phi) is 12.4. The highest BCUT2D eigenvalue weighted by Crippen LogP contribution is 2.24. The van der Waals surface area contributed by atoms with Crippen LogP contribution in [0, 0.1) is 5.92 Å². The van der Waals surface area contributed by atoms with Gasteiger partial charge in [-0.2, -0.15) is 0 Å². The Morgan fingerprint density at radius 1 is 1.19 bits per heavy atom. The predicted molar refractivity (Wildman–Crippen MR) is 139 cm³/mol. The molecule has 3 heterocycles. The number of guanidine groups is 1. The summed E-state index contributed by atoms with van der Waals surface area (Å²) in [6.07, 6.45) is 9.61. The Morgan fingerprint density at radius 3 is 2.56 bits per heavy atom. The number of furan rings is 1. The third kappa shape index (κ3) is 8.55. The molecule has 9 heteroatoms. The number of carbonyl (C=O) groups is 1. The van der Waals surface area contributed by atoms with Gasteiger partial charge in [-0.15, -0.1) is 24.0 Å². The third-order valence-corrected chi connectivity index (χ3v) is 6.57. The number of nitrogens with zero attached hydrogens (tertiary/aromatic N) is 3. The average molecular weight is 561 g/mol. The normalized spacial score (nSPS) is 19.8. The average Bonchev–Trinajstić information content (AvgIpc) is 3.33. The maximum absolute atomic E-state index is 11.3. The van der Waals surface area contributed by atoms with Crippen LogP contribution in [0.4, 0.5) is 0 Å². The lowest BCUT2D eigenvalue weighted by Gasteiger charge is -2.33. The summed E-state index contributed by atoms with van der Waals surface area (Å²) < 4.78 is 5.73. The van der Waals surface area contributed by atoms with Crippen LogP contribution >= 0.6 is 24.0 Å². The number of amides is 1. The van der Waals surface area contributed by atoms with Crippen molar-refractivity contribution in [3.05, 3.63) is 24.2 Å². The van der Waals surface area contributed by atoms with Gasteiger partial charge < -0.3 is 25.7 Å². The molecule has 0 spiro atoms. The van der Waals surface area contributed by atoms with E-state index < -0.39 is 0 Å². The zero-order valence-electron chi connectivity index (χ0n) is 19.4. The number of aliphatic imine (C=N–C) groups is 1. The lowest BCUT2D eigenvalue weighted by Crippen LogP contribution is -2.44. The number of nitrogens with two attached hydrogens (primary N) is 1. The second-order valence-electron chi connectivity index (χ2n) is 8.73. The fourth-order valence-electron chi connectivity index (χ4n) is 4.64. The van der Waals surface area contributed by atoms with Crippen molar-refractivity contribution in [3.63, 3.8) is 0 Å². The van der Waals surface area contributed by atoms with Gasteiger partial charge in [0, 0.05) is 26.1 Å². The van der Waals surface area contributed by atoms with Crippen LogP contribution in [0.25, 0.3) is 0 Å². The van der Waals surface area contributed by atoms with Gasteiger partial charge in [-0.05, 0) is 83.4 Å². The topological polar surface area (TPSA) is 99.1 Å². The maximum atomic E-state index is 11.3. The quantitative estimate of drug-likeness (QED) is 0.176. The molecule has 0 aromatic carbocycles. The van der Waals surface area contributed by atoms with Crippen molar-refractivity contribution >= 4 is 35.8 Å². The molecule has 182 valence electrons. The minimum atomic E-state index is -0.141. The molecule has 0 radical (unpaired) electrons. The summed E-state index contributed by atoms with van der Waals surface area (Å²) in [7, 11) is 1.82. The summed E-state index contributed by atoms with van der Waals surface area (Å²) in [6.45, 7) is 6.96. The van der Waals surface area contributed by atoms with Crippen molar-refractivity contribution in [1.82, 2.24) is 20.4 Å². The zero-order valence-corrected chi connectivity index (χ0v) is 21.8. The van der Waals surface area contributed by atoms with Crippen LogP contribution in [-0.4, -0.2) is 74.5 Å². The number of likely N-dealkylation sites (tertiary alicyclic amines) is 2. The number of piperidine rings is 2. The minimum absolute atomic E-state index is 0. The molecule has 1 atom stereocenters. The van der Waals surface area contributed by atoms with Gasteiger partial charge >= 0.3 is 0 Å². The molecule has 0 bridgehead atoms. The Bertz CT molecular complexity index is 670. The van der Waals surface area contributed by atoms with E-state index >= 15 is 0 Å². The van der Waals surface area contributed by atoms with E-state index in [0.717, 1.165) is 83.2 Å².